The Morgan fingerprint density at radius 3 is 2.40 bits per heavy atom. The molecule has 2 N–H and O–H groups in total. The van der Waals surface area contributed by atoms with Crippen molar-refractivity contribution in [2.45, 2.75) is 19.9 Å². The van der Waals surface area contributed by atoms with Gasteiger partial charge in [-0.1, -0.05) is 25.4 Å². The number of amides is 3. The molecular formula is C20H24ClFN6O2. The van der Waals surface area contributed by atoms with Gasteiger partial charge in [0.25, 0.3) is 0 Å². The number of carbonyl (C=O) groups excluding carboxylic acids is 2. The van der Waals surface area contributed by atoms with Gasteiger partial charge in [-0.05, 0) is 30.2 Å². The zero-order valence-corrected chi connectivity index (χ0v) is 17.6. The van der Waals surface area contributed by atoms with Crippen LogP contribution in [0.3, 0.4) is 0 Å². The molecule has 1 aliphatic heterocycles. The Bertz CT molecular complexity index is 890. The molecule has 1 aromatic heterocycles. The van der Waals surface area contributed by atoms with Gasteiger partial charge in [0.05, 0.1) is 5.02 Å². The van der Waals surface area contributed by atoms with Crippen molar-refractivity contribution >= 4 is 35.2 Å². The van der Waals surface area contributed by atoms with Crippen molar-refractivity contribution in [3.8, 4) is 0 Å². The first-order valence-corrected chi connectivity index (χ1v) is 10.1. The average molecular weight is 435 g/mol. The third-order valence-corrected chi connectivity index (χ3v) is 5.11. The zero-order chi connectivity index (χ0) is 21.7. The molecule has 1 atom stereocenters. The fourth-order valence-electron chi connectivity index (χ4n) is 3.12. The molecule has 1 fully saturated rings. The average Bonchev–Trinajstić information content (AvgIpc) is 2.75. The van der Waals surface area contributed by atoms with E-state index in [9.17, 15) is 14.0 Å². The van der Waals surface area contributed by atoms with E-state index in [4.69, 9.17) is 11.6 Å². The van der Waals surface area contributed by atoms with E-state index in [1.165, 1.54) is 18.2 Å². The third-order valence-electron chi connectivity index (χ3n) is 4.82. The van der Waals surface area contributed by atoms with Gasteiger partial charge in [-0.15, -0.1) is 0 Å². The van der Waals surface area contributed by atoms with Crippen LogP contribution in [-0.2, 0) is 4.79 Å². The van der Waals surface area contributed by atoms with Crippen molar-refractivity contribution < 1.29 is 14.0 Å². The molecule has 0 aliphatic carbocycles. The van der Waals surface area contributed by atoms with E-state index in [0.717, 1.165) is 0 Å². The molecule has 3 rings (SSSR count). The summed E-state index contributed by atoms with van der Waals surface area (Å²) in [7, 11) is 0. The third kappa shape index (κ3) is 5.35. The normalized spacial score (nSPS) is 15.1. The summed E-state index contributed by atoms with van der Waals surface area (Å²) < 4.78 is 13.3. The second-order valence-corrected chi connectivity index (χ2v) is 7.72. The van der Waals surface area contributed by atoms with Crippen molar-refractivity contribution in [1.29, 1.82) is 0 Å². The Morgan fingerprint density at radius 1 is 1.13 bits per heavy atom. The highest BCUT2D eigenvalue weighted by atomic mass is 35.5. The van der Waals surface area contributed by atoms with Crippen molar-refractivity contribution in [2.75, 3.05) is 36.4 Å². The largest absolute Gasteiger partial charge is 0.337 e. The lowest BCUT2D eigenvalue weighted by molar-refractivity contribution is -0.118. The highest BCUT2D eigenvalue weighted by Crippen LogP contribution is 2.20. The standard InChI is InChI=1S/C20H24ClFN6O2/c1-13(2)17(18(29)25-14-4-5-16(22)15(21)12-14)26-20(30)28-10-8-27(9-11-28)19-23-6-3-7-24-19/h3-7,12-13,17H,8-11H2,1-2H3,(H,25,29)(H,26,30)/t17-/m1/s1. The maximum atomic E-state index is 13.3. The molecule has 2 aromatic rings. The van der Waals surface area contributed by atoms with Crippen LogP contribution in [0.5, 0.6) is 0 Å². The van der Waals surface area contributed by atoms with E-state index in [-0.39, 0.29) is 17.0 Å². The lowest BCUT2D eigenvalue weighted by Gasteiger charge is -2.35. The van der Waals surface area contributed by atoms with Crippen LogP contribution in [0.2, 0.25) is 5.02 Å². The number of hydrogen-bond donors (Lipinski definition) is 2. The number of carbonyl (C=O) groups is 2. The van der Waals surface area contributed by atoms with Crippen molar-refractivity contribution in [3.63, 3.8) is 0 Å². The number of hydrogen-bond acceptors (Lipinski definition) is 5. The van der Waals surface area contributed by atoms with E-state index in [1.54, 1.807) is 23.4 Å². The Morgan fingerprint density at radius 2 is 1.80 bits per heavy atom. The smallest absolute Gasteiger partial charge is 0.318 e. The van der Waals surface area contributed by atoms with Crippen LogP contribution in [0.1, 0.15) is 13.8 Å². The lowest BCUT2D eigenvalue weighted by atomic mass is 10.0. The molecule has 8 nitrogen and oxygen atoms in total. The van der Waals surface area contributed by atoms with Gasteiger partial charge in [0.15, 0.2) is 0 Å². The molecule has 3 amide bonds. The van der Waals surface area contributed by atoms with Crippen molar-refractivity contribution in [3.05, 3.63) is 47.5 Å². The van der Waals surface area contributed by atoms with E-state index < -0.39 is 17.8 Å². The molecule has 0 saturated carbocycles. The number of piperazine rings is 1. The maximum Gasteiger partial charge on any atom is 0.318 e. The van der Waals surface area contributed by atoms with E-state index >= 15 is 0 Å². The minimum atomic E-state index is -0.753. The Balaban J connectivity index is 1.57. The monoisotopic (exact) mass is 434 g/mol. The first-order valence-electron chi connectivity index (χ1n) is 9.68. The van der Waals surface area contributed by atoms with Crippen LogP contribution in [-0.4, -0.2) is 59.0 Å². The number of aromatic nitrogens is 2. The number of anilines is 2. The van der Waals surface area contributed by atoms with Gasteiger partial charge in [0, 0.05) is 44.3 Å². The number of halogens is 2. The lowest BCUT2D eigenvalue weighted by Crippen LogP contribution is -2.56. The molecule has 30 heavy (non-hydrogen) atoms. The molecule has 160 valence electrons. The second kappa shape index (κ2) is 9.71. The van der Waals surface area contributed by atoms with Crippen LogP contribution in [0.4, 0.5) is 20.8 Å². The zero-order valence-electron chi connectivity index (χ0n) is 16.8. The van der Waals surface area contributed by atoms with Gasteiger partial charge in [0.1, 0.15) is 11.9 Å². The summed E-state index contributed by atoms with van der Waals surface area (Å²) >= 11 is 5.77. The molecule has 1 aromatic carbocycles. The highest BCUT2D eigenvalue weighted by molar-refractivity contribution is 6.31. The fraction of sp³-hybridized carbons (Fsp3) is 0.400. The Labute approximate surface area is 179 Å². The topological polar surface area (TPSA) is 90.5 Å². The Kier molecular flexibility index (Phi) is 7.04. The number of nitrogens with one attached hydrogen (secondary N) is 2. The fourth-order valence-corrected chi connectivity index (χ4v) is 3.30. The summed E-state index contributed by atoms with van der Waals surface area (Å²) in [6, 6.07) is 4.62. The summed E-state index contributed by atoms with van der Waals surface area (Å²) in [5.41, 5.74) is 0.364. The molecule has 0 spiro atoms. The molecule has 0 bridgehead atoms. The predicted molar refractivity (Wildman–Crippen MR) is 113 cm³/mol. The number of benzene rings is 1. The predicted octanol–water partition coefficient (Wildman–Crippen LogP) is 2.76. The van der Waals surface area contributed by atoms with E-state index in [1.807, 2.05) is 18.7 Å². The summed E-state index contributed by atoms with van der Waals surface area (Å²) in [5.74, 6) is -0.473. The minimum Gasteiger partial charge on any atom is -0.337 e. The Hall–Kier alpha value is -2.94. The molecule has 0 radical (unpaired) electrons. The maximum absolute atomic E-state index is 13.3. The molecule has 2 heterocycles. The number of nitrogens with zero attached hydrogens (tertiary/aromatic N) is 4. The van der Waals surface area contributed by atoms with Gasteiger partial charge in [-0.2, -0.15) is 0 Å². The molecular weight excluding hydrogens is 411 g/mol. The summed E-state index contributed by atoms with van der Waals surface area (Å²) in [6.45, 7) is 5.86. The summed E-state index contributed by atoms with van der Waals surface area (Å²) in [4.78, 5) is 37.6. The van der Waals surface area contributed by atoms with Crippen LogP contribution in [0.25, 0.3) is 0 Å². The minimum absolute atomic E-state index is 0.0850. The second-order valence-electron chi connectivity index (χ2n) is 7.31. The van der Waals surface area contributed by atoms with E-state index in [0.29, 0.717) is 37.8 Å². The molecule has 0 unspecified atom stereocenters. The number of urea groups is 1. The van der Waals surface area contributed by atoms with Crippen LogP contribution >= 0.6 is 11.6 Å². The van der Waals surface area contributed by atoms with E-state index in [2.05, 4.69) is 20.6 Å². The van der Waals surface area contributed by atoms with Crippen LogP contribution in [0, 0.1) is 11.7 Å². The van der Waals surface area contributed by atoms with Gasteiger partial charge in [-0.25, -0.2) is 19.2 Å². The SMILES string of the molecule is CC(C)[C@@H](NC(=O)N1CCN(c2ncccn2)CC1)C(=O)Nc1ccc(F)c(Cl)c1. The van der Waals surface area contributed by atoms with Gasteiger partial charge < -0.3 is 20.4 Å². The van der Waals surface area contributed by atoms with Crippen molar-refractivity contribution in [2.24, 2.45) is 5.92 Å². The first-order chi connectivity index (χ1) is 14.3. The first kappa shape index (κ1) is 21.8. The van der Waals surface area contributed by atoms with Gasteiger partial charge >= 0.3 is 6.03 Å². The highest BCUT2D eigenvalue weighted by Gasteiger charge is 2.28. The van der Waals surface area contributed by atoms with Crippen LogP contribution < -0.4 is 15.5 Å². The van der Waals surface area contributed by atoms with Gasteiger partial charge in [-0.3, -0.25) is 4.79 Å². The van der Waals surface area contributed by atoms with Gasteiger partial charge in [0.2, 0.25) is 11.9 Å². The molecule has 1 saturated heterocycles. The molecule has 10 heteroatoms. The number of rotatable bonds is 5. The van der Waals surface area contributed by atoms with Crippen LogP contribution in [0.15, 0.2) is 36.7 Å². The quantitative estimate of drug-likeness (QED) is 0.755. The molecule has 1 aliphatic rings. The summed E-state index contributed by atoms with van der Waals surface area (Å²) in [6.07, 6.45) is 3.36. The van der Waals surface area contributed by atoms with Crippen molar-refractivity contribution in [1.82, 2.24) is 20.2 Å². The summed E-state index contributed by atoms with van der Waals surface area (Å²) in [5, 5.41) is 5.40.